The van der Waals surface area contributed by atoms with E-state index < -0.39 is 0 Å². The third-order valence-corrected chi connectivity index (χ3v) is 4.15. The number of aromatic nitrogens is 2. The molecule has 1 aliphatic rings. The normalized spacial score (nSPS) is 15.4. The third kappa shape index (κ3) is 3.42. The van der Waals surface area contributed by atoms with Gasteiger partial charge in [-0.2, -0.15) is 5.10 Å². The summed E-state index contributed by atoms with van der Waals surface area (Å²) in [5, 5.41) is 7.35. The molecule has 0 aliphatic heterocycles. The summed E-state index contributed by atoms with van der Waals surface area (Å²) in [6.45, 7) is 1.18. The fourth-order valence-corrected chi connectivity index (χ4v) is 2.53. The number of halogens is 1. The number of carbonyl (C=O) groups excluding carboxylic acids is 1. The Kier molecular flexibility index (Phi) is 4.07. The minimum atomic E-state index is -0.239. The molecule has 0 saturated heterocycles. The van der Waals surface area contributed by atoms with Crippen molar-refractivity contribution in [1.29, 1.82) is 0 Å². The first-order valence-corrected chi connectivity index (χ1v) is 7.61. The van der Waals surface area contributed by atoms with E-state index in [1.54, 1.807) is 13.2 Å². The average molecular weight is 320 g/mol. The van der Waals surface area contributed by atoms with Gasteiger partial charge in [0.2, 0.25) is 0 Å². The summed E-state index contributed by atoms with van der Waals surface area (Å²) in [6.07, 6.45) is 3.72. The van der Waals surface area contributed by atoms with Crippen molar-refractivity contribution in [2.24, 2.45) is 12.5 Å². The molecule has 6 heteroatoms. The monoisotopic (exact) mass is 319 g/mol. The molecule has 1 aromatic carbocycles. The predicted octanol–water partition coefficient (Wildman–Crippen LogP) is 2.66. The molecule has 1 N–H and O–H groups in total. The van der Waals surface area contributed by atoms with Crippen molar-refractivity contribution in [1.82, 2.24) is 15.1 Å². The molecular formula is C16H18ClN3O2. The van der Waals surface area contributed by atoms with Gasteiger partial charge in [-0.15, -0.1) is 0 Å². The van der Waals surface area contributed by atoms with Crippen LogP contribution in [0.25, 0.3) is 0 Å². The molecule has 0 atom stereocenters. The minimum Gasteiger partial charge on any atom is -0.493 e. The molecule has 1 amide bonds. The standard InChI is InChI=1S/C16H18ClN3O2/c1-20-9-13(17)14(19-20)15(21)18-10-16(7-8-16)11-22-12-5-3-2-4-6-12/h2-6,9H,7-8,10-11H2,1H3,(H,18,21). The number of hydrogen-bond acceptors (Lipinski definition) is 3. The molecular weight excluding hydrogens is 302 g/mol. The zero-order valence-corrected chi connectivity index (χ0v) is 13.1. The van der Waals surface area contributed by atoms with E-state index in [1.807, 2.05) is 30.3 Å². The van der Waals surface area contributed by atoms with Crippen molar-refractivity contribution in [3.05, 3.63) is 47.2 Å². The lowest BCUT2D eigenvalue weighted by atomic mass is 10.1. The summed E-state index contributed by atoms with van der Waals surface area (Å²) in [7, 11) is 1.73. The van der Waals surface area contributed by atoms with Crippen LogP contribution in [0.2, 0.25) is 5.02 Å². The van der Waals surface area contributed by atoms with Gasteiger partial charge in [0.05, 0.1) is 11.6 Å². The smallest absolute Gasteiger partial charge is 0.273 e. The highest BCUT2D eigenvalue weighted by Gasteiger charge is 2.44. The molecule has 1 fully saturated rings. The van der Waals surface area contributed by atoms with Crippen molar-refractivity contribution in [2.75, 3.05) is 13.2 Å². The van der Waals surface area contributed by atoms with Gasteiger partial charge in [-0.1, -0.05) is 29.8 Å². The van der Waals surface area contributed by atoms with Gasteiger partial charge in [0, 0.05) is 25.2 Å². The first kappa shape index (κ1) is 14.9. The molecule has 0 radical (unpaired) electrons. The van der Waals surface area contributed by atoms with Crippen molar-refractivity contribution in [3.63, 3.8) is 0 Å². The van der Waals surface area contributed by atoms with Crippen LogP contribution >= 0.6 is 11.6 Å². The first-order valence-electron chi connectivity index (χ1n) is 7.23. The predicted molar refractivity (Wildman–Crippen MR) is 84.2 cm³/mol. The van der Waals surface area contributed by atoms with Crippen LogP contribution in [0, 0.1) is 5.41 Å². The van der Waals surface area contributed by atoms with Crippen molar-refractivity contribution >= 4 is 17.5 Å². The topological polar surface area (TPSA) is 56.2 Å². The molecule has 0 spiro atoms. The lowest BCUT2D eigenvalue weighted by Crippen LogP contribution is -2.33. The summed E-state index contributed by atoms with van der Waals surface area (Å²) in [4.78, 5) is 12.1. The van der Waals surface area contributed by atoms with E-state index in [0.717, 1.165) is 18.6 Å². The van der Waals surface area contributed by atoms with Crippen LogP contribution in [0.1, 0.15) is 23.3 Å². The van der Waals surface area contributed by atoms with E-state index in [0.29, 0.717) is 18.2 Å². The van der Waals surface area contributed by atoms with Crippen molar-refractivity contribution in [3.8, 4) is 5.75 Å². The van der Waals surface area contributed by atoms with Crippen LogP contribution in [0.5, 0.6) is 5.75 Å². The minimum absolute atomic E-state index is 0.0345. The van der Waals surface area contributed by atoms with Crippen LogP contribution in [0.4, 0.5) is 0 Å². The van der Waals surface area contributed by atoms with E-state index in [1.165, 1.54) is 4.68 Å². The van der Waals surface area contributed by atoms with Crippen LogP contribution in [-0.4, -0.2) is 28.8 Å². The Hall–Kier alpha value is -2.01. The largest absolute Gasteiger partial charge is 0.493 e. The highest BCUT2D eigenvalue weighted by atomic mass is 35.5. The van der Waals surface area contributed by atoms with Crippen LogP contribution in [-0.2, 0) is 7.05 Å². The molecule has 116 valence electrons. The van der Waals surface area contributed by atoms with E-state index in [4.69, 9.17) is 16.3 Å². The van der Waals surface area contributed by atoms with Gasteiger partial charge in [0.1, 0.15) is 5.75 Å². The number of benzene rings is 1. The van der Waals surface area contributed by atoms with E-state index in [9.17, 15) is 4.79 Å². The number of amides is 1. The zero-order valence-electron chi connectivity index (χ0n) is 12.4. The summed E-state index contributed by atoms with van der Waals surface area (Å²) >= 11 is 5.98. The molecule has 1 heterocycles. The molecule has 1 aliphatic carbocycles. The second-order valence-corrected chi connectivity index (χ2v) is 6.19. The number of carbonyl (C=O) groups is 1. The Morgan fingerprint density at radius 1 is 1.41 bits per heavy atom. The highest BCUT2D eigenvalue weighted by molar-refractivity contribution is 6.33. The maximum absolute atomic E-state index is 12.1. The maximum Gasteiger partial charge on any atom is 0.273 e. The molecule has 0 bridgehead atoms. The third-order valence-electron chi connectivity index (χ3n) is 3.87. The van der Waals surface area contributed by atoms with Gasteiger partial charge >= 0.3 is 0 Å². The quantitative estimate of drug-likeness (QED) is 0.890. The Morgan fingerprint density at radius 3 is 2.73 bits per heavy atom. The van der Waals surface area contributed by atoms with E-state index in [-0.39, 0.29) is 17.0 Å². The van der Waals surface area contributed by atoms with Crippen LogP contribution < -0.4 is 10.1 Å². The maximum atomic E-state index is 12.1. The van der Waals surface area contributed by atoms with Gasteiger partial charge in [-0.3, -0.25) is 9.48 Å². The van der Waals surface area contributed by atoms with Gasteiger partial charge in [-0.25, -0.2) is 0 Å². The summed E-state index contributed by atoms with van der Waals surface area (Å²) in [5.74, 6) is 0.615. The van der Waals surface area contributed by atoms with Gasteiger partial charge < -0.3 is 10.1 Å². The summed E-state index contributed by atoms with van der Waals surface area (Å²) in [5.41, 5.74) is 0.302. The van der Waals surface area contributed by atoms with Crippen LogP contribution in [0.15, 0.2) is 36.5 Å². The van der Waals surface area contributed by atoms with Gasteiger partial charge in [-0.05, 0) is 25.0 Å². The second kappa shape index (κ2) is 6.01. The lowest BCUT2D eigenvalue weighted by Gasteiger charge is -2.16. The molecule has 3 rings (SSSR count). The number of nitrogens with zero attached hydrogens (tertiary/aromatic N) is 2. The second-order valence-electron chi connectivity index (χ2n) is 5.78. The number of rotatable bonds is 6. The first-order chi connectivity index (χ1) is 10.6. The molecule has 2 aromatic rings. The summed E-state index contributed by atoms with van der Waals surface area (Å²) < 4.78 is 7.33. The highest BCUT2D eigenvalue weighted by Crippen LogP contribution is 2.45. The molecule has 5 nitrogen and oxygen atoms in total. The van der Waals surface area contributed by atoms with Crippen LogP contribution in [0.3, 0.4) is 0 Å². The summed E-state index contributed by atoms with van der Waals surface area (Å²) in [6, 6.07) is 9.71. The van der Waals surface area contributed by atoms with Crippen molar-refractivity contribution in [2.45, 2.75) is 12.8 Å². The number of ether oxygens (including phenoxy) is 1. The Morgan fingerprint density at radius 2 is 2.14 bits per heavy atom. The number of nitrogens with one attached hydrogen (secondary N) is 1. The number of para-hydroxylation sites is 1. The fourth-order valence-electron chi connectivity index (χ4n) is 2.27. The molecule has 22 heavy (non-hydrogen) atoms. The number of aryl methyl sites for hydroxylation is 1. The molecule has 0 unspecified atom stereocenters. The molecule has 1 aromatic heterocycles. The Bertz CT molecular complexity index is 665. The van der Waals surface area contributed by atoms with E-state index >= 15 is 0 Å². The molecule has 1 saturated carbocycles. The Labute approximate surface area is 134 Å². The fraction of sp³-hybridized carbons (Fsp3) is 0.375. The van der Waals surface area contributed by atoms with Gasteiger partial charge in [0.25, 0.3) is 5.91 Å². The number of hydrogen-bond donors (Lipinski definition) is 1. The van der Waals surface area contributed by atoms with Gasteiger partial charge in [0.15, 0.2) is 5.69 Å². The Balaban J connectivity index is 1.52. The van der Waals surface area contributed by atoms with Crippen molar-refractivity contribution < 1.29 is 9.53 Å². The zero-order chi connectivity index (χ0) is 15.6. The SMILES string of the molecule is Cn1cc(Cl)c(C(=O)NCC2(COc3ccccc3)CC2)n1. The van der Waals surface area contributed by atoms with E-state index in [2.05, 4.69) is 10.4 Å². The average Bonchev–Trinajstić information content (AvgIpc) is 3.22. The lowest BCUT2D eigenvalue weighted by molar-refractivity contribution is 0.0932.